The van der Waals surface area contributed by atoms with Crippen LogP contribution in [0.15, 0.2) is 24.5 Å². The average molecular weight is 220 g/mol. The third kappa shape index (κ3) is 2.58. The first-order valence-corrected chi connectivity index (χ1v) is 5.60. The van der Waals surface area contributed by atoms with Crippen LogP contribution < -0.4 is 5.32 Å². The summed E-state index contributed by atoms with van der Waals surface area (Å²) >= 11 is 0. The Bertz CT molecular complexity index is 347. The molecular weight excluding hydrogens is 204 g/mol. The lowest BCUT2D eigenvalue weighted by Gasteiger charge is -2.19. The first-order chi connectivity index (χ1) is 7.77. The molecule has 2 atom stereocenters. The number of nitrogens with one attached hydrogen (secondary N) is 1. The van der Waals surface area contributed by atoms with Crippen molar-refractivity contribution in [2.45, 2.75) is 31.9 Å². The molecule has 2 heterocycles. The Balaban J connectivity index is 1.92. The SMILES string of the molecule is C[C@H](NC(=O)c1cccnc1)[C@H]1CCCO1. The Morgan fingerprint density at radius 3 is 3.19 bits per heavy atom. The number of nitrogens with zero attached hydrogens (tertiary/aromatic N) is 1. The highest BCUT2D eigenvalue weighted by Crippen LogP contribution is 2.15. The van der Waals surface area contributed by atoms with Gasteiger partial charge in [-0.2, -0.15) is 0 Å². The van der Waals surface area contributed by atoms with Gasteiger partial charge in [-0.05, 0) is 31.9 Å². The van der Waals surface area contributed by atoms with Gasteiger partial charge in [-0.1, -0.05) is 0 Å². The van der Waals surface area contributed by atoms with E-state index in [1.807, 2.05) is 6.92 Å². The van der Waals surface area contributed by atoms with Gasteiger partial charge in [-0.15, -0.1) is 0 Å². The molecule has 4 nitrogen and oxygen atoms in total. The first kappa shape index (κ1) is 11.1. The van der Waals surface area contributed by atoms with Gasteiger partial charge in [-0.25, -0.2) is 0 Å². The molecule has 4 heteroatoms. The zero-order valence-corrected chi connectivity index (χ0v) is 9.35. The molecule has 1 aliphatic heterocycles. The molecule has 1 amide bonds. The number of hydrogen-bond acceptors (Lipinski definition) is 3. The Labute approximate surface area is 95.0 Å². The molecule has 0 spiro atoms. The van der Waals surface area contributed by atoms with Gasteiger partial charge in [0, 0.05) is 19.0 Å². The highest BCUT2D eigenvalue weighted by molar-refractivity contribution is 5.94. The smallest absolute Gasteiger partial charge is 0.253 e. The Morgan fingerprint density at radius 2 is 2.56 bits per heavy atom. The van der Waals surface area contributed by atoms with Crippen LogP contribution in [0, 0.1) is 0 Å². The standard InChI is InChI=1S/C12H16N2O2/c1-9(11-5-3-7-16-11)14-12(15)10-4-2-6-13-8-10/h2,4,6,8-9,11H,3,5,7H2,1H3,(H,14,15)/t9-,11+/m0/s1. The van der Waals surface area contributed by atoms with Gasteiger partial charge in [0.25, 0.3) is 5.91 Å². The van der Waals surface area contributed by atoms with Gasteiger partial charge in [0.1, 0.15) is 0 Å². The fourth-order valence-electron chi connectivity index (χ4n) is 1.88. The normalized spacial score (nSPS) is 21.7. The van der Waals surface area contributed by atoms with E-state index in [-0.39, 0.29) is 18.1 Å². The predicted molar refractivity (Wildman–Crippen MR) is 60.1 cm³/mol. The van der Waals surface area contributed by atoms with Crippen LogP contribution in [0.3, 0.4) is 0 Å². The number of ether oxygens (including phenoxy) is 1. The first-order valence-electron chi connectivity index (χ1n) is 5.60. The lowest BCUT2D eigenvalue weighted by molar-refractivity contribution is 0.0712. The highest BCUT2D eigenvalue weighted by atomic mass is 16.5. The molecule has 1 fully saturated rings. The second-order valence-electron chi connectivity index (χ2n) is 4.06. The summed E-state index contributed by atoms with van der Waals surface area (Å²) in [5, 5.41) is 2.93. The molecule has 2 rings (SSSR count). The van der Waals surface area contributed by atoms with Crippen LogP contribution in [0.5, 0.6) is 0 Å². The Kier molecular flexibility index (Phi) is 3.51. The fraction of sp³-hybridized carbons (Fsp3) is 0.500. The Hall–Kier alpha value is -1.42. The molecule has 1 aromatic heterocycles. The molecule has 0 aromatic carbocycles. The number of rotatable bonds is 3. The molecule has 1 saturated heterocycles. The fourth-order valence-corrected chi connectivity index (χ4v) is 1.88. The van der Waals surface area contributed by atoms with E-state index in [2.05, 4.69) is 10.3 Å². The Morgan fingerprint density at radius 1 is 1.69 bits per heavy atom. The molecule has 1 aliphatic rings. The number of pyridine rings is 1. The number of carbonyl (C=O) groups is 1. The lowest BCUT2D eigenvalue weighted by Crippen LogP contribution is -2.40. The van der Waals surface area contributed by atoms with Gasteiger partial charge in [0.05, 0.1) is 17.7 Å². The van der Waals surface area contributed by atoms with Crippen molar-refractivity contribution in [2.75, 3.05) is 6.61 Å². The quantitative estimate of drug-likeness (QED) is 0.837. The minimum atomic E-state index is -0.0869. The molecule has 0 saturated carbocycles. The van der Waals surface area contributed by atoms with E-state index in [4.69, 9.17) is 4.74 Å². The number of hydrogen-bond donors (Lipinski definition) is 1. The van der Waals surface area contributed by atoms with E-state index in [0.717, 1.165) is 19.4 Å². The van der Waals surface area contributed by atoms with Crippen LogP contribution in [-0.2, 0) is 4.74 Å². The van der Waals surface area contributed by atoms with Crippen molar-refractivity contribution >= 4 is 5.91 Å². The maximum Gasteiger partial charge on any atom is 0.253 e. The van der Waals surface area contributed by atoms with Gasteiger partial charge >= 0.3 is 0 Å². The van der Waals surface area contributed by atoms with Crippen LogP contribution in [0.4, 0.5) is 0 Å². The van der Waals surface area contributed by atoms with Gasteiger partial charge in [-0.3, -0.25) is 9.78 Å². The average Bonchev–Trinajstić information content (AvgIpc) is 2.83. The van der Waals surface area contributed by atoms with Crippen LogP contribution in [0.25, 0.3) is 0 Å². The van der Waals surface area contributed by atoms with E-state index >= 15 is 0 Å². The van der Waals surface area contributed by atoms with E-state index in [1.54, 1.807) is 24.5 Å². The summed E-state index contributed by atoms with van der Waals surface area (Å²) in [6.45, 7) is 2.78. The van der Waals surface area contributed by atoms with Crippen molar-refractivity contribution in [3.05, 3.63) is 30.1 Å². The van der Waals surface area contributed by atoms with Crippen molar-refractivity contribution < 1.29 is 9.53 Å². The maximum atomic E-state index is 11.8. The number of aromatic nitrogens is 1. The molecule has 1 aromatic rings. The van der Waals surface area contributed by atoms with Crippen LogP contribution in [0.2, 0.25) is 0 Å². The molecule has 0 radical (unpaired) electrons. The minimum absolute atomic E-state index is 0.0511. The van der Waals surface area contributed by atoms with Crippen LogP contribution in [0.1, 0.15) is 30.1 Å². The number of amides is 1. The zero-order valence-electron chi connectivity index (χ0n) is 9.35. The monoisotopic (exact) mass is 220 g/mol. The summed E-state index contributed by atoms with van der Waals surface area (Å²) in [5.74, 6) is -0.0869. The molecule has 16 heavy (non-hydrogen) atoms. The predicted octanol–water partition coefficient (Wildman–Crippen LogP) is 1.38. The molecule has 0 bridgehead atoms. The van der Waals surface area contributed by atoms with Crippen molar-refractivity contribution in [1.82, 2.24) is 10.3 Å². The third-order valence-corrected chi connectivity index (χ3v) is 2.81. The van der Waals surface area contributed by atoms with E-state index in [0.29, 0.717) is 5.56 Å². The topological polar surface area (TPSA) is 51.2 Å². The second-order valence-corrected chi connectivity index (χ2v) is 4.06. The van der Waals surface area contributed by atoms with Gasteiger partial charge in [0.2, 0.25) is 0 Å². The maximum absolute atomic E-state index is 11.8. The highest BCUT2D eigenvalue weighted by Gasteiger charge is 2.23. The van der Waals surface area contributed by atoms with Crippen LogP contribution in [-0.4, -0.2) is 29.6 Å². The molecule has 1 N–H and O–H groups in total. The van der Waals surface area contributed by atoms with Crippen molar-refractivity contribution in [1.29, 1.82) is 0 Å². The summed E-state index contributed by atoms with van der Waals surface area (Å²) in [6, 6.07) is 3.56. The van der Waals surface area contributed by atoms with Crippen molar-refractivity contribution in [2.24, 2.45) is 0 Å². The summed E-state index contributed by atoms with van der Waals surface area (Å²) < 4.78 is 5.52. The molecule has 0 aliphatic carbocycles. The van der Waals surface area contributed by atoms with Gasteiger partial charge in [0.15, 0.2) is 0 Å². The summed E-state index contributed by atoms with van der Waals surface area (Å²) in [4.78, 5) is 15.7. The zero-order chi connectivity index (χ0) is 11.4. The second kappa shape index (κ2) is 5.07. The van der Waals surface area contributed by atoms with E-state index < -0.39 is 0 Å². The molecular formula is C12H16N2O2. The third-order valence-electron chi connectivity index (χ3n) is 2.81. The van der Waals surface area contributed by atoms with E-state index in [1.165, 1.54) is 0 Å². The summed E-state index contributed by atoms with van der Waals surface area (Å²) in [6.07, 6.45) is 5.48. The largest absolute Gasteiger partial charge is 0.376 e. The van der Waals surface area contributed by atoms with Crippen LogP contribution >= 0.6 is 0 Å². The number of carbonyl (C=O) groups excluding carboxylic acids is 1. The van der Waals surface area contributed by atoms with Crippen molar-refractivity contribution in [3.8, 4) is 0 Å². The van der Waals surface area contributed by atoms with Crippen molar-refractivity contribution in [3.63, 3.8) is 0 Å². The summed E-state index contributed by atoms with van der Waals surface area (Å²) in [5.41, 5.74) is 0.590. The minimum Gasteiger partial charge on any atom is -0.376 e. The van der Waals surface area contributed by atoms with E-state index in [9.17, 15) is 4.79 Å². The lowest BCUT2D eigenvalue weighted by atomic mass is 10.1. The molecule has 0 unspecified atom stereocenters. The van der Waals surface area contributed by atoms with Gasteiger partial charge < -0.3 is 10.1 Å². The molecule has 86 valence electrons. The summed E-state index contributed by atoms with van der Waals surface area (Å²) in [7, 11) is 0.